The van der Waals surface area contributed by atoms with E-state index in [1.165, 1.54) is 18.2 Å². The summed E-state index contributed by atoms with van der Waals surface area (Å²) in [5.41, 5.74) is 0.287. The predicted molar refractivity (Wildman–Crippen MR) is 83.4 cm³/mol. The smallest absolute Gasteiger partial charge is 0.275 e. The van der Waals surface area contributed by atoms with Gasteiger partial charge in [-0.2, -0.15) is 8.75 Å². The number of aromatic nitrogens is 2. The van der Waals surface area contributed by atoms with Gasteiger partial charge in [-0.3, -0.25) is 14.9 Å². The molecule has 1 amide bonds. The molecule has 1 saturated heterocycles. The second-order valence-corrected chi connectivity index (χ2v) is 5.80. The summed E-state index contributed by atoms with van der Waals surface area (Å²) >= 11 is 0.848. The van der Waals surface area contributed by atoms with Crippen molar-refractivity contribution in [2.45, 2.75) is 19.3 Å². The van der Waals surface area contributed by atoms with Crippen molar-refractivity contribution in [2.24, 2.45) is 0 Å². The van der Waals surface area contributed by atoms with Crippen LogP contribution in [0, 0.1) is 10.1 Å². The lowest BCUT2D eigenvalue weighted by Gasteiger charge is -2.26. The van der Waals surface area contributed by atoms with Crippen molar-refractivity contribution in [2.75, 3.05) is 13.1 Å². The zero-order valence-corrected chi connectivity index (χ0v) is 13.0. The Kier molecular flexibility index (Phi) is 4.20. The van der Waals surface area contributed by atoms with Crippen LogP contribution in [-0.4, -0.2) is 42.7 Å². The van der Waals surface area contributed by atoms with Crippen LogP contribution in [0.1, 0.15) is 29.8 Å². The molecule has 0 aliphatic carbocycles. The van der Waals surface area contributed by atoms with Crippen LogP contribution < -0.4 is 0 Å². The van der Waals surface area contributed by atoms with Gasteiger partial charge < -0.3 is 10.0 Å². The van der Waals surface area contributed by atoms with Gasteiger partial charge in [0.2, 0.25) is 0 Å². The molecule has 2 aromatic rings. The largest absolute Gasteiger partial charge is 0.507 e. The third-order valence-corrected chi connectivity index (χ3v) is 4.31. The first kappa shape index (κ1) is 15.3. The maximum Gasteiger partial charge on any atom is 0.275 e. The normalized spacial score (nSPS) is 14.7. The van der Waals surface area contributed by atoms with E-state index < -0.39 is 4.92 Å². The van der Waals surface area contributed by atoms with Gasteiger partial charge in [-0.05, 0) is 25.3 Å². The molecule has 23 heavy (non-hydrogen) atoms. The molecule has 0 spiro atoms. The van der Waals surface area contributed by atoms with Crippen LogP contribution in [0.3, 0.4) is 0 Å². The van der Waals surface area contributed by atoms with E-state index >= 15 is 0 Å². The topological polar surface area (TPSA) is 109 Å². The first-order valence-electron chi connectivity index (χ1n) is 7.17. The standard InChI is InChI=1S/C14H14N4O4S/c19-11-5-4-9(18(21)22)8-10(11)12-13(16-23-15-12)14(20)17-6-2-1-3-7-17/h4-5,8,19H,1-3,6-7H2. The molecule has 0 unspecified atom stereocenters. The number of phenols is 1. The Labute approximate surface area is 135 Å². The number of nitro groups is 1. The van der Waals surface area contributed by atoms with Crippen LogP contribution in [0.5, 0.6) is 5.75 Å². The molecule has 1 aromatic heterocycles. The first-order chi connectivity index (χ1) is 11.1. The number of likely N-dealkylation sites (tertiary alicyclic amines) is 1. The molecule has 0 radical (unpaired) electrons. The summed E-state index contributed by atoms with van der Waals surface area (Å²) in [7, 11) is 0. The lowest BCUT2D eigenvalue weighted by molar-refractivity contribution is -0.384. The van der Waals surface area contributed by atoms with Crippen molar-refractivity contribution in [3.05, 3.63) is 34.0 Å². The van der Waals surface area contributed by atoms with Crippen LogP contribution >= 0.6 is 11.7 Å². The predicted octanol–water partition coefficient (Wildman–Crippen LogP) is 2.45. The van der Waals surface area contributed by atoms with E-state index in [0.717, 1.165) is 31.0 Å². The van der Waals surface area contributed by atoms with Gasteiger partial charge in [0.25, 0.3) is 11.6 Å². The van der Waals surface area contributed by atoms with E-state index in [1.807, 2.05) is 0 Å². The number of amides is 1. The molecule has 8 nitrogen and oxygen atoms in total. The van der Waals surface area contributed by atoms with Gasteiger partial charge in [0.1, 0.15) is 11.4 Å². The molecule has 9 heteroatoms. The van der Waals surface area contributed by atoms with Crippen molar-refractivity contribution in [1.82, 2.24) is 13.6 Å². The minimum Gasteiger partial charge on any atom is -0.507 e. The van der Waals surface area contributed by atoms with Crippen LogP contribution in [0.25, 0.3) is 11.3 Å². The average Bonchev–Trinajstić information content (AvgIpc) is 3.04. The number of carbonyl (C=O) groups excluding carboxylic acids is 1. The number of carbonyl (C=O) groups is 1. The van der Waals surface area contributed by atoms with E-state index in [4.69, 9.17) is 0 Å². The zero-order chi connectivity index (χ0) is 16.4. The van der Waals surface area contributed by atoms with Gasteiger partial charge in [-0.1, -0.05) is 0 Å². The third-order valence-electron chi connectivity index (χ3n) is 3.78. The SMILES string of the molecule is O=C(c1nsnc1-c1cc([N+](=O)[O-])ccc1O)N1CCCCC1. The molecule has 1 aromatic carbocycles. The van der Waals surface area contributed by atoms with Crippen LogP contribution in [0.4, 0.5) is 5.69 Å². The van der Waals surface area contributed by atoms with Gasteiger partial charge in [0.05, 0.1) is 22.2 Å². The molecule has 0 saturated carbocycles. The van der Waals surface area contributed by atoms with E-state index in [0.29, 0.717) is 13.1 Å². The van der Waals surface area contributed by atoms with Crippen molar-refractivity contribution >= 4 is 23.3 Å². The Morgan fingerprint density at radius 3 is 2.70 bits per heavy atom. The molecule has 1 aliphatic rings. The molecule has 0 bridgehead atoms. The number of hydrogen-bond donors (Lipinski definition) is 1. The highest BCUT2D eigenvalue weighted by atomic mass is 32.1. The summed E-state index contributed by atoms with van der Waals surface area (Å²) < 4.78 is 8.11. The Morgan fingerprint density at radius 1 is 1.26 bits per heavy atom. The maximum atomic E-state index is 12.6. The van der Waals surface area contributed by atoms with Crippen LogP contribution in [0.15, 0.2) is 18.2 Å². The van der Waals surface area contributed by atoms with E-state index in [-0.39, 0.29) is 34.3 Å². The molecule has 3 rings (SSSR count). The molecular formula is C14H14N4O4S. The molecule has 2 heterocycles. The van der Waals surface area contributed by atoms with Crippen LogP contribution in [0.2, 0.25) is 0 Å². The first-order valence-corrected chi connectivity index (χ1v) is 7.90. The van der Waals surface area contributed by atoms with E-state index in [2.05, 4.69) is 8.75 Å². The molecule has 0 atom stereocenters. The fraction of sp³-hybridized carbons (Fsp3) is 0.357. The summed E-state index contributed by atoms with van der Waals surface area (Å²) in [5.74, 6) is -0.421. The molecular weight excluding hydrogens is 320 g/mol. The lowest BCUT2D eigenvalue weighted by Crippen LogP contribution is -2.36. The number of nitrogens with zero attached hydrogens (tertiary/aromatic N) is 4. The summed E-state index contributed by atoms with van der Waals surface area (Å²) in [5, 5.41) is 20.9. The fourth-order valence-corrected chi connectivity index (χ4v) is 3.13. The van der Waals surface area contributed by atoms with Gasteiger partial charge in [0.15, 0.2) is 5.69 Å². The zero-order valence-electron chi connectivity index (χ0n) is 12.1. The number of rotatable bonds is 3. The summed E-state index contributed by atoms with van der Waals surface area (Å²) in [6.07, 6.45) is 2.99. The Balaban J connectivity index is 1.99. The number of aromatic hydroxyl groups is 1. The summed E-state index contributed by atoms with van der Waals surface area (Å²) in [4.78, 5) is 24.7. The highest BCUT2D eigenvalue weighted by molar-refractivity contribution is 6.99. The van der Waals surface area contributed by atoms with E-state index in [1.54, 1.807) is 4.90 Å². The number of phenolic OH excluding ortho intramolecular Hbond substituents is 1. The lowest BCUT2D eigenvalue weighted by atomic mass is 10.1. The fourth-order valence-electron chi connectivity index (χ4n) is 2.58. The molecule has 1 aliphatic heterocycles. The van der Waals surface area contributed by atoms with Gasteiger partial charge >= 0.3 is 0 Å². The van der Waals surface area contributed by atoms with Gasteiger partial charge in [0, 0.05) is 25.2 Å². The molecule has 120 valence electrons. The number of non-ortho nitro benzene ring substituents is 1. The monoisotopic (exact) mass is 334 g/mol. The molecule has 1 fully saturated rings. The highest BCUT2D eigenvalue weighted by Crippen LogP contribution is 2.34. The van der Waals surface area contributed by atoms with Gasteiger partial charge in [-0.25, -0.2) is 0 Å². The van der Waals surface area contributed by atoms with Crippen molar-refractivity contribution in [3.8, 4) is 17.0 Å². The maximum absolute atomic E-state index is 12.6. The Bertz CT molecular complexity index is 755. The number of nitro benzene ring substituents is 1. The number of piperidine rings is 1. The second kappa shape index (κ2) is 6.29. The molecule has 1 N–H and O–H groups in total. The van der Waals surface area contributed by atoms with Crippen molar-refractivity contribution < 1.29 is 14.8 Å². The van der Waals surface area contributed by atoms with Gasteiger partial charge in [-0.15, -0.1) is 0 Å². The van der Waals surface area contributed by atoms with E-state index in [9.17, 15) is 20.0 Å². The number of hydrogen-bond acceptors (Lipinski definition) is 7. The minimum atomic E-state index is -0.561. The third kappa shape index (κ3) is 3.00. The Hall–Kier alpha value is -2.55. The average molecular weight is 334 g/mol. The van der Waals surface area contributed by atoms with Crippen LogP contribution in [-0.2, 0) is 0 Å². The number of benzene rings is 1. The summed E-state index contributed by atoms with van der Waals surface area (Å²) in [6, 6.07) is 3.63. The van der Waals surface area contributed by atoms with Crippen molar-refractivity contribution in [3.63, 3.8) is 0 Å². The quantitative estimate of drug-likeness (QED) is 0.682. The summed E-state index contributed by atoms with van der Waals surface area (Å²) in [6.45, 7) is 1.33. The second-order valence-electron chi connectivity index (χ2n) is 5.27. The Morgan fingerprint density at radius 2 is 2.00 bits per heavy atom. The minimum absolute atomic E-state index is 0.132. The highest BCUT2D eigenvalue weighted by Gasteiger charge is 2.26. The van der Waals surface area contributed by atoms with Crippen molar-refractivity contribution in [1.29, 1.82) is 0 Å².